The summed E-state index contributed by atoms with van der Waals surface area (Å²) in [5.74, 6) is 0.376. The maximum Gasteiger partial charge on any atom is 0.157 e. The van der Waals surface area contributed by atoms with Crippen LogP contribution in [0.25, 0.3) is 0 Å². The van der Waals surface area contributed by atoms with Crippen molar-refractivity contribution in [2.24, 2.45) is 5.92 Å². The lowest BCUT2D eigenvalue weighted by molar-refractivity contribution is -0.117. The van der Waals surface area contributed by atoms with E-state index in [0.29, 0.717) is 0 Å². The number of carbonyl (C=O) groups excluding carboxylic acids is 1. The molecule has 1 heteroatoms. The van der Waals surface area contributed by atoms with Crippen LogP contribution in [0.15, 0.2) is 12.2 Å². The molecule has 0 aromatic carbocycles. The molecule has 0 bridgehead atoms. The molecule has 0 rings (SSSR count). The van der Waals surface area contributed by atoms with Gasteiger partial charge in [0, 0.05) is 5.92 Å². The monoisotopic (exact) mass is 140 g/mol. The van der Waals surface area contributed by atoms with Crippen LogP contribution in [0.1, 0.15) is 33.6 Å². The van der Waals surface area contributed by atoms with E-state index in [1.807, 2.05) is 19.9 Å². The van der Waals surface area contributed by atoms with Crippen LogP contribution in [0.4, 0.5) is 0 Å². The van der Waals surface area contributed by atoms with Crippen molar-refractivity contribution < 1.29 is 4.79 Å². The molecule has 0 aliphatic carbocycles. The number of hydrogen-bond acceptors (Lipinski definition) is 1. The maximum atomic E-state index is 10.9. The minimum Gasteiger partial charge on any atom is -0.295 e. The highest BCUT2D eigenvalue weighted by atomic mass is 16.1. The summed E-state index contributed by atoms with van der Waals surface area (Å²) in [6.45, 7) is 5.93. The summed E-state index contributed by atoms with van der Waals surface area (Å²) >= 11 is 0. The van der Waals surface area contributed by atoms with E-state index >= 15 is 0 Å². The first-order valence-electron chi connectivity index (χ1n) is 3.88. The van der Waals surface area contributed by atoms with Crippen molar-refractivity contribution in [3.05, 3.63) is 12.2 Å². The zero-order valence-corrected chi connectivity index (χ0v) is 7.05. The first kappa shape index (κ1) is 9.41. The molecular formula is C9H16O. The molecule has 0 amide bonds. The SMILES string of the molecule is CCCC=CC(=O)C(C)C. The summed E-state index contributed by atoms with van der Waals surface area (Å²) in [4.78, 5) is 10.9. The van der Waals surface area contributed by atoms with Crippen LogP contribution in [0.2, 0.25) is 0 Å². The van der Waals surface area contributed by atoms with Gasteiger partial charge in [0.1, 0.15) is 0 Å². The highest BCUT2D eigenvalue weighted by Gasteiger charge is 1.99. The van der Waals surface area contributed by atoms with Gasteiger partial charge in [0.15, 0.2) is 5.78 Å². The molecule has 0 aromatic rings. The van der Waals surface area contributed by atoms with Crippen LogP contribution in [-0.4, -0.2) is 5.78 Å². The first-order chi connectivity index (χ1) is 4.68. The second-order valence-electron chi connectivity index (χ2n) is 2.75. The Balaban J connectivity index is 3.56. The molecule has 10 heavy (non-hydrogen) atoms. The quantitative estimate of drug-likeness (QED) is 0.548. The van der Waals surface area contributed by atoms with Crippen molar-refractivity contribution in [1.29, 1.82) is 0 Å². The molecule has 0 saturated heterocycles. The van der Waals surface area contributed by atoms with Crippen molar-refractivity contribution in [1.82, 2.24) is 0 Å². The Morgan fingerprint density at radius 1 is 1.50 bits per heavy atom. The van der Waals surface area contributed by atoms with Gasteiger partial charge in [-0.2, -0.15) is 0 Å². The number of rotatable bonds is 4. The number of ketones is 1. The normalized spacial score (nSPS) is 11.2. The van der Waals surface area contributed by atoms with Crippen LogP contribution in [0.3, 0.4) is 0 Å². The summed E-state index contributed by atoms with van der Waals surface area (Å²) in [6.07, 6.45) is 5.76. The van der Waals surface area contributed by atoms with Gasteiger partial charge in [-0.05, 0) is 12.5 Å². The number of hydrogen-bond donors (Lipinski definition) is 0. The zero-order valence-electron chi connectivity index (χ0n) is 7.05. The van der Waals surface area contributed by atoms with Gasteiger partial charge >= 0.3 is 0 Å². The van der Waals surface area contributed by atoms with Crippen LogP contribution >= 0.6 is 0 Å². The predicted molar refractivity (Wildman–Crippen MR) is 43.9 cm³/mol. The van der Waals surface area contributed by atoms with E-state index in [1.165, 1.54) is 0 Å². The molecule has 0 spiro atoms. The van der Waals surface area contributed by atoms with Crippen molar-refractivity contribution in [2.45, 2.75) is 33.6 Å². The molecule has 58 valence electrons. The topological polar surface area (TPSA) is 17.1 Å². The zero-order chi connectivity index (χ0) is 7.98. The molecule has 0 unspecified atom stereocenters. The standard InChI is InChI=1S/C9H16O/c1-4-5-6-7-9(10)8(2)3/h6-8H,4-5H2,1-3H3. The second-order valence-corrected chi connectivity index (χ2v) is 2.75. The molecule has 0 atom stereocenters. The van der Waals surface area contributed by atoms with Crippen molar-refractivity contribution in [3.63, 3.8) is 0 Å². The second kappa shape index (κ2) is 5.21. The molecule has 0 aliphatic heterocycles. The summed E-state index contributed by atoms with van der Waals surface area (Å²) in [7, 11) is 0. The minimum absolute atomic E-state index is 0.146. The number of unbranched alkanes of at least 4 members (excludes halogenated alkanes) is 1. The van der Waals surface area contributed by atoms with Gasteiger partial charge in [-0.3, -0.25) is 4.79 Å². The van der Waals surface area contributed by atoms with E-state index in [0.717, 1.165) is 12.8 Å². The Hall–Kier alpha value is -0.590. The Morgan fingerprint density at radius 2 is 2.10 bits per heavy atom. The largest absolute Gasteiger partial charge is 0.295 e. The summed E-state index contributed by atoms with van der Waals surface area (Å²) < 4.78 is 0. The Bertz CT molecular complexity index is 123. The summed E-state index contributed by atoms with van der Waals surface area (Å²) in [6, 6.07) is 0. The molecular weight excluding hydrogens is 124 g/mol. The molecule has 1 nitrogen and oxygen atoms in total. The van der Waals surface area contributed by atoms with E-state index in [-0.39, 0.29) is 11.7 Å². The molecule has 0 radical (unpaired) electrons. The number of allylic oxidation sites excluding steroid dienone is 2. The van der Waals surface area contributed by atoms with Crippen LogP contribution in [-0.2, 0) is 4.79 Å². The molecule has 0 saturated carbocycles. The van der Waals surface area contributed by atoms with Crippen molar-refractivity contribution in [3.8, 4) is 0 Å². The third kappa shape index (κ3) is 4.30. The third-order valence-corrected chi connectivity index (χ3v) is 1.31. The molecule has 0 aliphatic rings. The lowest BCUT2D eigenvalue weighted by Crippen LogP contribution is -2.01. The van der Waals surface area contributed by atoms with E-state index < -0.39 is 0 Å². The van der Waals surface area contributed by atoms with Gasteiger partial charge in [0.2, 0.25) is 0 Å². The fraction of sp³-hybridized carbons (Fsp3) is 0.667. The van der Waals surface area contributed by atoms with E-state index in [4.69, 9.17) is 0 Å². The predicted octanol–water partition coefficient (Wildman–Crippen LogP) is 2.57. The fourth-order valence-electron chi connectivity index (χ4n) is 0.559. The Morgan fingerprint density at radius 3 is 2.50 bits per heavy atom. The van der Waals surface area contributed by atoms with Crippen molar-refractivity contribution in [2.75, 3.05) is 0 Å². The van der Waals surface area contributed by atoms with E-state index in [2.05, 4.69) is 6.92 Å². The van der Waals surface area contributed by atoms with Crippen LogP contribution in [0.5, 0.6) is 0 Å². The summed E-state index contributed by atoms with van der Waals surface area (Å²) in [5, 5.41) is 0. The highest BCUT2D eigenvalue weighted by molar-refractivity contribution is 5.91. The summed E-state index contributed by atoms with van der Waals surface area (Å²) in [5.41, 5.74) is 0. The average molecular weight is 140 g/mol. The van der Waals surface area contributed by atoms with Gasteiger partial charge in [0.05, 0.1) is 0 Å². The van der Waals surface area contributed by atoms with Crippen molar-refractivity contribution >= 4 is 5.78 Å². The van der Waals surface area contributed by atoms with Gasteiger partial charge in [0.25, 0.3) is 0 Å². The maximum absolute atomic E-state index is 10.9. The first-order valence-corrected chi connectivity index (χ1v) is 3.88. The van der Waals surface area contributed by atoms with Crippen LogP contribution in [0, 0.1) is 5.92 Å². The third-order valence-electron chi connectivity index (χ3n) is 1.31. The smallest absolute Gasteiger partial charge is 0.157 e. The highest BCUT2D eigenvalue weighted by Crippen LogP contribution is 1.96. The molecule has 0 N–H and O–H groups in total. The average Bonchev–Trinajstić information content (AvgIpc) is 1.88. The van der Waals surface area contributed by atoms with E-state index in [1.54, 1.807) is 6.08 Å². The van der Waals surface area contributed by atoms with E-state index in [9.17, 15) is 4.79 Å². The van der Waals surface area contributed by atoms with Gasteiger partial charge in [-0.25, -0.2) is 0 Å². The lowest BCUT2D eigenvalue weighted by Gasteiger charge is -1.95. The van der Waals surface area contributed by atoms with Gasteiger partial charge < -0.3 is 0 Å². The van der Waals surface area contributed by atoms with Gasteiger partial charge in [-0.1, -0.05) is 33.3 Å². The van der Waals surface area contributed by atoms with Crippen LogP contribution < -0.4 is 0 Å². The fourth-order valence-corrected chi connectivity index (χ4v) is 0.559. The molecule has 0 aromatic heterocycles. The number of carbonyl (C=O) groups is 1. The lowest BCUT2D eigenvalue weighted by atomic mass is 10.1. The Kier molecular flexibility index (Phi) is 4.91. The molecule has 0 heterocycles. The Labute approximate surface area is 63.1 Å². The minimum atomic E-state index is 0.146. The van der Waals surface area contributed by atoms with Gasteiger partial charge in [-0.15, -0.1) is 0 Å². The molecule has 0 fully saturated rings.